The molecule has 0 radical (unpaired) electrons. The molecule has 0 aliphatic carbocycles. The van der Waals surface area contributed by atoms with Crippen LogP contribution < -0.4 is 0 Å². The zero-order valence-corrected chi connectivity index (χ0v) is 13.0. The van der Waals surface area contributed by atoms with Gasteiger partial charge in [-0.2, -0.15) is 0 Å². The fourth-order valence-corrected chi connectivity index (χ4v) is 2.93. The second-order valence-electron chi connectivity index (χ2n) is 5.63. The molecule has 5 nitrogen and oxygen atoms in total. The fourth-order valence-electron chi connectivity index (χ4n) is 2.93. The van der Waals surface area contributed by atoms with Gasteiger partial charge < -0.3 is 9.51 Å². The van der Waals surface area contributed by atoms with E-state index in [1.807, 2.05) is 50.6 Å². The van der Waals surface area contributed by atoms with Gasteiger partial charge in [0.15, 0.2) is 0 Å². The van der Waals surface area contributed by atoms with E-state index in [9.17, 15) is 0 Å². The highest BCUT2D eigenvalue weighted by Gasteiger charge is 2.14. The van der Waals surface area contributed by atoms with Crippen molar-refractivity contribution in [2.45, 2.75) is 20.3 Å². The number of hydrogen-bond donors (Lipinski definition) is 1. The average Bonchev–Trinajstić information content (AvgIpc) is 3.11. The maximum atomic E-state index is 5.25. The van der Waals surface area contributed by atoms with Crippen molar-refractivity contribution in [1.29, 1.82) is 0 Å². The quantitative estimate of drug-likeness (QED) is 0.625. The lowest BCUT2D eigenvalue weighted by Crippen LogP contribution is -1.91. The summed E-state index contributed by atoms with van der Waals surface area (Å²) in [5.41, 5.74) is 7.07. The van der Waals surface area contributed by atoms with Crippen LogP contribution in [0.15, 0.2) is 47.4 Å². The van der Waals surface area contributed by atoms with Crippen molar-refractivity contribution >= 4 is 11.0 Å². The summed E-state index contributed by atoms with van der Waals surface area (Å²) in [4.78, 5) is 12.3. The Kier molecular flexibility index (Phi) is 3.19. The smallest absolute Gasteiger partial charge is 0.141 e. The molecule has 4 aromatic heterocycles. The van der Waals surface area contributed by atoms with E-state index in [-0.39, 0.29) is 0 Å². The van der Waals surface area contributed by atoms with E-state index in [0.717, 1.165) is 51.3 Å². The van der Waals surface area contributed by atoms with Crippen molar-refractivity contribution in [3.63, 3.8) is 0 Å². The molecule has 0 aliphatic rings. The van der Waals surface area contributed by atoms with Gasteiger partial charge in [-0.1, -0.05) is 11.2 Å². The van der Waals surface area contributed by atoms with Gasteiger partial charge >= 0.3 is 0 Å². The molecule has 0 spiro atoms. The van der Waals surface area contributed by atoms with Crippen LogP contribution in [0.4, 0.5) is 0 Å². The molecule has 0 bridgehead atoms. The Morgan fingerprint density at radius 1 is 1.17 bits per heavy atom. The first kappa shape index (κ1) is 13.7. The Morgan fingerprint density at radius 2 is 2.09 bits per heavy atom. The first-order valence-corrected chi connectivity index (χ1v) is 7.51. The van der Waals surface area contributed by atoms with Gasteiger partial charge in [0, 0.05) is 47.4 Å². The standard InChI is InChI=1S/C18H16N4O/c1-11-17(12(2)23-22-11)13-8-16-18(21-9-13)14(10-20-16)7-15-5-3-4-6-19-15/h3-6,8-10,20H,7H2,1-2H3. The molecule has 114 valence electrons. The average molecular weight is 304 g/mol. The van der Waals surface area contributed by atoms with Gasteiger partial charge in [0.1, 0.15) is 5.76 Å². The van der Waals surface area contributed by atoms with Crippen molar-refractivity contribution in [2.24, 2.45) is 0 Å². The molecular formula is C18H16N4O. The second-order valence-corrected chi connectivity index (χ2v) is 5.63. The largest absolute Gasteiger partial charge is 0.361 e. The molecule has 0 amide bonds. The molecule has 0 saturated carbocycles. The number of hydrogen-bond acceptors (Lipinski definition) is 4. The summed E-state index contributed by atoms with van der Waals surface area (Å²) in [7, 11) is 0. The van der Waals surface area contributed by atoms with Crippen molar-refractivity contribution in [1.82, 2.24) is 20.1 Å². The Hall–Kier alpha value is -2.95. The maximum Gasteiger partial charge on any atom is 0.141 e. The second kappa shape index (κ2) is 5.35. The van der Waals surface area contributed by atoms with Gasteiger partial charge in [0.2, 0.25) is 0 Å². The summed E-state index contributed by atoms with van der Waals surface area (Å²) in [6.45, 7) is 3.86. The normalized spacial score (nSPS) is 11.2. The van der Waals surface area contributed by atoms with E-state index in [0.29, 0.717) is 0 Å². The molecule has 0 aliphatic heterocycles. The molecule has 4 rings (SSSR count). The lowest BCUT2D eigenvalue weighted by atomic mass is 10.1. The zero-order valence-electron chi connectivity index (χ0n) is 13.0. The number of pyridine rings is 2. The van der Waals surface area contributed by atoms with Gasteiger partial charge in [-0.3, -0.25) is 9.97 Å². The Bertz CT molecular complexity index is 950. The highest BCUT2D eigenvalue weighted by Crippen LogP contribution is 2.29. The Balaban J connectivity index is 1.75. The van der Waals surface area contributed by atoms with Crippen LogP contribution in [0.5, 0.6) is 0 Å². The van der Waals surface area contributed by atoms with E-state index >= 15 is 0 Å². The van der Waals surface area contributed by atoms with Gasteiger partial charge in [0.25, 0.3) is 0 Å². The molecule has 4 heterocycles. The predicted octanol–water partition coefficient (Wildman–Crippen LogP) is 3.82. The SMILES string of the molecule is Cc1noc(C)c1-c1cnc2c(Cc3ccccn3)c[nH]c2c1. The first-order chi connectivity index (χ1) is 11.2. The van der Waals surface area contributed by atoms with Crippen molar-refractivity contribution in [3.05, 3.63) is 65.6 Å². The molecule has 0 atom stereocenters. The molecule has 0 fully saturated rings. The van der Waals surface area contributed by atoms with Crippen LogP contribution in [0.25, 0.3) is 22.2 Å². The van der Waals surface area contributed by atoms with Gasteiger partial charge in [-0.25, -0.2) is 0 Å². The van der Waals surface area contributed by atoms with E-state index < -0.39 is 0 Å². The zero-order chi connectivity index (χ0) is 15.8. The number of nitrogens with zero attached hydrogens (tertiary/aromatic N) is 3. The summed E-state index contributed by atoms with van der Waals surface area (Å²) in [5, 5.41) is 4.01. The lowest BCUT2D eigenvalue weighted by molar-refractivity contribution is 0.393. The van der Waals surface area contributed by atoms with Crippen LogP contribution in [0.3, 0.4) is 0 Å². The maximum absolute atomic E-state index is 5.25. The van der Waals surface area contributed by atoms with Crippen LogP contribution in [0.2, 0.25) is 0 Å². The number of nitrogens with one attached hydrogen (secondary N) is 1. The number of rotatable bonds is 3. The molecule has 0 unspecified atom stereocenters. The third-order valence-electron chi connectivity index (χ3n) is 4.01. The highest BCUT2D eigenvalue weighted by atomic mass is 16.5. The molecular weight excluding hydrogens is 288 g/mol. The summed E-state index contributed by atoms with van der Waals surface area (Å²) in [6, 6.07) is 8.04. The van der Waals surface area contributed by atoms with Crippen LogP contribution in [0, 0.1) is 13.8 Å². The third kappa shape index (κ3) is 2.40. The number of aromatic amines is 1. The number of aryl methyl sites for hydroxylation is 2. The van der Waals surface area contributed by atoms with E-state index in [1.165, 1.54) is 0 Å². The van der Waals surface area contributed by atoms with Gasteiger partial charge in [-0.05, 0) is 32.0 Å². The molecule has 4 aromatic rings. The van der Waals surface area contributed by atoms with Gasteiger partial charge in [0.05, 0.1) is 16.7 Å². The predicted molar refractivity (Wildman–Crippen MR) is 88.1 cm³/mol. The molecule has 23 heavy (non-hydrogen) atoms. The highest BCUT2D eigenvalue weighted by molar-refractivity contribution is 5.84. The van der Waals surface area contributed by atoms with Crippen LogP contribution in [-0.4, -0.2) is 20.1 Å². The Labute approximate surface area is 133 Å². The summed E-state index contributed by atoms with van der Waals surface area (Å²) >= 11 is 0. The van der Waals surface area contributed by atoms with Crippen LogP contribution >= 0.6 is 0 Å². The van der Waals surface area contributed by atoms with E-state index in [4.69, 9.17) is 4.52 Å². The number of aromatic nitrogens is 4. The molecule has 0 aromatic carbocycles. The van der Waals surface area contributed by atoms with E-state index in [1.54, 1.807) is 0 Å². The van der Waals surface area contributed by atoms with Crippen LogP contribution in [-0.2, 0) is 6.42 Å². The lowest BCUT2D eigenvalue weighted by Gasteiger charge is -2.02. The van der Waals surface area contributed by atoms with Gasteiger partial charge in [-0.15, -0.1) is 0 Å². The summed E-state index contributed by atoms with van der Waals surface area (Å²) in [5.74, 6) is 0.809. The fraction of sp³-hybridized carbons (Fsp3) is 0.167. The minimum absolute atomic E-state index is 0.762. The number of H-pyrrole nitrogens is 1. The van der Waals surface area contributed by atoms with Crippen molar-refractivity contribution < 1.29 is 4.52 Å². The van der Waals surface area contributed by atoms with E-state index in [2.05, 4.69) is 26.2 Å². The first-order valence-electron chi connectivity index (χ1n) is 7.51. The molecule has 0 saturated heterocycles. The summed E-state index contributed by atoms with van der Waals surface area (Å²) < 4.78 is 5.25. The van der Waals surface area contributed by atoms with Crippen molar-refractivity contribution in [2.75, 3.05) is 0 Å². The van der Waals surface area contributed by atoms with Crippen molar-refractivity contribution in [3.8, 4) is 11.1 Å². The monoisotopic (exact) mass is 304 g/mol. The topological polar surface area (TPSA) is 67.6 Å². The summed E-state index contributed by atoms with van der Waals surface area (Å²) in [6.07, 6.45) is 6.46. The minimum Gasteiger partial charge on any atom is -0.361 e. The molecule has 1 N–H and O–H groups in total. The minimum atomic E-state index is 0.762. The number of fused-ring (bicyclic) bond motifs is 1. The molecule has 5 heteroatoms. The Morgan fingerprint density at radius 3 is 2.83 bits per heavy atom. The van der Waals surface area contributed by atoms with Crippen LogP contribution in [0.1, 0.15) is 22.7 Å². The third-order valence-corrected chi connectivity index (χ3v) is 4.01.